The van der Waals surface area contributed by atoms with Crippen LogP contribution < -0.4 is 15.4 Å². The maximum Gasteiger partial charge on any atom is 0.318 e. The molecule has 8 rings (SSSR count). The molecule has 3 aromatic rings. The number of carbonyl (C=O) groups excluding carboxylic acids is 1. The predicted molar refractivity (Wildman–Crippen MR) is 175 cm³/mol. The Bertz CT molecular complexity index is 1710. The summed E-state index contributed by atoms with van der Waals surface area (Å²) in [5.41, 5.74) is 12.0. The van der Waals surface area contributed by atoms with E-state index < -0.39 is 11.8 Å². The first-order valence-corrected chi connectivity index (χ1v) is 17.1. The normalized spacial score (nSPS) is 28.4. The summed E-state index contributed by atoms with van der Waals surface area (Å²) in [6.45, 7) is 6.39. The smallest absolute Gasteiger partial charge is 0.318 e. The van der Waals surface area contributed by atoms with Gasteiger partial charge in [-0.1, -0.05) is 13.0 Å². The largest absolute Gasteiger partial charge is 0.461 e. The van der Waals surface area contributed by atoms with Crippen molar-refractivity contribution in [1.29, 1.82) is 0 Å². The number of amides is 1. The fraction of sp³-hybridized carbons (Fsp3) is 0.600. The van der Waals surface area contributed by atoms with E-state index >= 15 is 0 Å². The van der Waals surface area contributed by atoms with Gasteiger partial charge < -0.3 is 25.0 Å². The van der Waals surface area contributed by atoms with E-state index in [-0.39, 0.29) is 11.4 Å². The average Bonchev–Trinajstić information content (AvgIpc) is 3.68. The third-order valence-corrected chi connectivity index (χ3v) is 11.2. The molecule has 11 nitrogen and oxygen atoms in total. The highest BCUT2D eigenvalue weighted by Crippen LogP contribution is 2.50. The lowest BCUT2D eigenvalue weighted by atomic mass is 9.71. The quantitative estimate of drug-likeness (QED) is 0.409. The summed E-state index contributed by atoms with van der Waals surface area (Å²) in [7, 11) is 3.48. The zero-order valence-corrected chi connectivity index (χ0v) is 27.7. The average molecular weight is 645 g/mol. The van der Waals surface area contributed by atoms with Crippen molar-refractivity contribution in [2.45, 2.75) is 94.8 Å². The van der Waals surface area contributed by atoms with Gasteiger partial charge in [0, 0.05) is 57.8 Å². The molecule has 6 heterocycles. The second kappa shape index (κ2) is 11.4. The van der Waals surface area contributed by atoms with Gasteiger partial charge in [0.1, 0.15) is 18.6 Å². The van der Waals surface area contributed by atoms with Crippen molar-refractivity contribution in [3.8, 4) is 6.01 Å². The Labute approximate surface area is 275 Å². The molecule has 47 heavy (non-hydrogen) atoms. The van der Waals surface area contributed by atoms with Crippen LogP contribution in [0.25, 0.3) is 0 Å². The number of ether oxygens (including phenoxy) is 2. The number of halogens is 1. The number of carbonyl (C=O) groups is 1. The lowest BCUT2D eigenvalue weighted by molar-refractivity contribution is -0.0871. The highest BCUT2D eigenvalue weighted by Gasteiger charge is 2.50. The number of alkyl halides is 1. The maximum atomic E-state index is 14.6. The zero-order chi connectivity index (χ0) is 32.5. The molecular formula is C35H45FN8O3. The number of anilines is 2. The molecule has 0 saturated carbocycles. The fourth-order valence-electron chi connectivity index (χ4n) is 8.74. The number of nitrogens with zero attached hydrogens (tertiary/aromatic N) is 7. The molecule has 0 radical (unpaired) electrons. The number of nitrogen functional groups attached to an aromatic ring is 1. The van der Waals surface area contributed by atoms with Crippen LogP contribution in [-0.4, -0.2) is 87.5 Å². The van der Waals surface area contributed by atoms with Gasteiger partial charge in [0.15, 0.2) is 5.69 Å². The first-order valence-electron chi connectivity index (χ1n) is 17.1. The van der Waals surface area contributed by atoms with E-state index in [0.717, 1.165) is 79.2 Å². The molecule has 2 fully saturated rings. The minimum atomic E-state index is -0.830. The Morgan fingerprint density at radius 2 is 2.04 bits per heavy atom. The second-order valence-electron chi connectivity index (χ2n) is 14.6. The Morgan fingerprint density at radius 1 is 1.17 bits per heavy atom. The number of hydrogen-bond donors (Lipinski definition) is 1. The SMILES string of the molecule is C[C@@H]1CCC2(Cc3nc(OC[C@@]45CCCN4C[C@H](F)C5)nc(N4CCCn5nc(C(=O)N(C)C)cc5C4)c3CO2)c2cc(N)ccc21. The van der Waals surface area contributed by atoms with E-state index in [2.05, 4.69) is 34.0 Å². The van der Waals surface area contributed by atoms with Crippen LogP contribution >= 0.6 is 0 Å². The van der Waals surface area contributed by atoms with Crippen LogP contribution in [0.15, 0.2) is 24.3 Å². The van der Waals surface area contributed by atoms with Gasteiger partial charge in [-0.05, 0) is 73.9 Å². The summed E-state index contributed by atoms with van der Waals surface area (Å²) >= 11 is 0. The molecule has 0 bridgehead atoms. The van der Waals surface area contributed by atoms with Gasteiger partial charge in [-0.15, -0.1) is 0 Å². The molecule has 4 atom stereocenters. The third kappa shape index (κ3) is 5.24. The van der Waals surface area contributed by atoms with Crippen LogP contribution in [-0.2, 0) is 36.5 Å². The summed E-state index contributed by atoms with van der Waals surface area (Å²) in [4.78, 5) is 29.0. The highest BCUT2D eigenvalue weighted by molar-refractivity contribution is 5.92. The van der Waals surface area contributed by atoms with Crippen molar-refractivity contribution in [2.75, 3.05) is 51.0 Å². The lowest BCUT2D eigenvalue weighted by Gasteiger charge is -2.44. The number of benzene rings is 1. The van der Waals surface area contributed by atoms with Gasteiger partial charge in [-0.2, -0.15) is 15.1 Å². The minimum Gasteiger partial charge on any atom is -0.461 e. The monoisotopic (exact) mass is 644 g/mol. The van der Waals surface area contributed by atoms with Crippen LogP contribution in [0.2, 0.25) is 0 Å². The second-order valence-corrected chi connectivity index (χ2v) is 14.6. The maximum absolute atomic E-state index is 14.6. The molecule has 2 aromatic heterocycles. The molecule has 2 N–H and O–H groups in total. The lowest BCUT2D eigenvalue weighted by Crippen LogP contribution is -2.44. The first-order chi connectivity index (χ1) is 22.6. The topological polar surface area (TPSA) is 115 Å². The summed E-state index contributed by atoms with van der Waals surface area (Å²) in [6.07, 6.45) is 4.95. The van der Waals surface area contributed by atoms with Crippen LogP contribution in [0.4, 0.5) is 15.9 Å². The summed E-state index contributed by atoms with van der Waals surface area (Å²) in [5.74, 6) is 1.10. The molecule has 1 aliphatic carbocycles. The number of aromatic nitrogens is 4. The van der Waals surface area contributed by atoms with E-state index in [0.29, 0.717) is 63.3 Å². The summed E-state index contributed by atoms with van der Waals surface area (Å²) in [5, 5.41) is 4.64. The molecule has 5 aliphatic rings. The van der Waals surface area contributed by atoms with Gasteiger partial charge in [0.2, 0.25) is 0 Å². The Kier molecular flexibility index (Phi) is 7.43. The van der Waals surface area contributed by atoms with E-state index in [1.807, 2.05) is 16.8 Å². The predicted octanol–water partition coefficient (Wildman–Crippen LogP) is 4.19. The standard InChI is InChI=1S/C35H45FN8O3/c1-22-8-10-35(28-14-24(37)6-7-26(22)28)17-30-27(20-47-35)31(39-33(38-30)46-21-34-9-4-12-43(34)18-23(36)16-34)42-11-5-13-44-25(19-42)15-29(40-44)32(45)41(2)3/h6-7,14-15,22-23H,4-5,8-13,16-21,37H2,1-3H3/t22-,23-,34+,35?/m1/s1. The molecule has 1 amide bonds. The number of nitrogens with two attached hydrogens (primary N) is 1. The Balaban J connectivity index is 1.17. The zero-order valence-electron chi connectivity index (χ0n) is 27.7. The van der Waals surface area contributed by atoms with Crippen molar-refractivity contribution in [3.63, 3.8) is 0 Å². The Hall–Kier alpha value is -3.77. The van der Waals surface area contributed by atoms with Gasteiger partial charge in [0.25, 0.3) is 5.91 Å². The van der Waals surface area contributed by atoms with Gasteiger partial charge in [-0.25, -0.2) is 4.39 Å². The molecule has 2 saturated heterocycles. The molecule has 1 unspecified atom stereocenters. The first kappa shape index (κ1) is 30.6. The summed E-state index contributed by atoms with van der Waals surface area (Å²) in [6, 6.07) is 8.44. The van der Waals surface area contributed by atoms with E-state index in [1.54, 1.807) is 19.0 Å². The number of fused-ring (bicyclic) bond motifs is 5. The molecule has 12 heteroatoms. The van der Waals surface area contributed by atoms with Gasteiger partial charge >= 0.3 is 6.01 Å². The van der Waals surface area contributed by atoms with Crippen molar-refractivity contribution in [1.82, 2.24) is 29.5 Å². The van der Waals surface area contributed by atoms with E-state index in [4.69, 9.17) is 25.2 Å². The minimum absolute atomic E-state index is 0.114. The molecule has 250 valence electrons. The van der Waals surface area contributed by atoms with E-state index in [9.17, 15) is 9.18 Å². The van der Waals surface area contributed by atoms with Crippen molar-refractivity contribution < 1.29 is 18.7 Å². The van der Waals surface area contributed by atoms with Gasteiger partial charge in [0.05, 0.1) is 35.7 Å². The molecule has 4 aliphatic heterocycles. The fourth-order valence-corrected chi connectivity index (χ4v) is 8.74. The van der Waals surface area contributed by atoms with Gasteiger partial charge in [-0.3, -0.25) is 14.4 Å². The number of rotatable bonds is 5. The highest BCUT2D eigenvalue weighted by atomic mass is 19.1. The number of hydrogen-bond acceptors (Lipinski definition) is 9. The van der Waals surface area contributed by atoms with Crippen LogP contribution in [0.5, 0.6) is 6.01 Å². The van der Waals surface area contributed by atoms with Crippen molar-refractivity contribution in [2.24, 2.45) is 0 Å². The third-order valence-electron chi connectivity index (χ3n) is 11.2. The van der Waals surface area contributed by atoms with Crippen molar-refractivity contribution >= 4 is 17.4 Å². The summed E-state index contributed by atoms with van der Waals surface area (Å²) < 4.78 is 29.9. The van der Waals surface area contributed by atoms with E-state index in [1.165, 1.54) is 5.56 Å². The Morgan fingerprint density at radius 3 is 2.89 bits per heavy atom. The van der Waals surface area contributed by atoms with Crippen LogP contribution in [0.3, 0.4) is 0 Å². The molecular weight excluding hydrogens is 599 g/mol. The molecule has 1 aromatic carbocycles. The number of aryl methyl sites for hydroxylation is 1. The van der Waals surface area contributed by atoms with Crippen molar-refractivity contribution in [3.05, 3.63) is 58.0 Å². The van der Waals surface area contributed by atoms with Crippen LogP contribution in [0.1, 0.15) is 89.9 Å². The molecule has 1 spiro atoms. The van der Waals surface area contributed by atoms with Crippen LogP contribution in [0, 0.1) is 0 Å².